The van der Waals surface area contributed by atoms with Crippen molar-refractivity contribution in [3.05, 3.63) is 35.5 Å². The lowest BCUT2D eigenvalue weighted by molar-refractivity contribution is -0.166. The van der Waals surface area contributed by atoms with E-state index in [1.54, 1.807) is 9.80 Å². The number of carbonyl (C=O) groups excluding carboxylic acids is 2. The second kappa shape index (κ2) is 6.13. The second-order valence-electron chi connectivity index (χ2n) is 7.78. The van der Waals surface area contributed by atoms with Crippen LogP contribution in [0.25, 0.3) is 10.9 Å². The molecule has 2 aromatic rings. The first kappa shape index (κ1) is 17.1. The molecule has 0 bridgehead atoms. The number of fused-ring (bicyclic) bond motifs is 5. The summed E-state index contributed by atoms with van der Waals surface area (Å²) in [5.74, 6) is 0.0737. The predicted molar refractivity (Wildman–Crippen MR) is 101 cm³/mol. The van der Waals surface area contributed by atoms with Gasteiger partial charge in [0.05, 0.1) is 12.2 Å². The molecule has 2 amide bonds. The number of nitrogens with one attached hydrogen (secondary N) is 1. The molecule has 0 aliphatic carbocycles. The molecule has 6 nitrogen and oxygen atoms in total. The number of carbonyl (C=O) groups is 2. The van der Waals surface area contributed by atoms with Crippen LogP contribution < -0.4 is 0 Å². The van der Waals surface area contributed by atoms with E-state index in [9.17, 15) is 9.59 Å². The molecule has 0 radical (unpaired) electrons. The van der Waals surface area contributed by atoms with Gasteiger partial charge >= 0.3 is 0 Å². The van der Waals surface area contributed by atoms with Crippen LogP contribution in [0.1, 0.15) is 24.6 Å². The molecule has 6 heteroatoms. The Morgan fingerprint density at radius 2 is 2.00 bits per heavy atom. The van der Waals surface area contributed by atoms with E-state index in [2.05, 4.69) is 16.0 Å². The van der Waals surface area contributed by atoms with Gasteiger partial charge in [0.2, 0.25) is 5.91 Å². The smallest absolute Gasteiger partial charge is 0.254 e. The first-order chi connectivity index (χ1) is 12.4. The van der Waals surface area contributed by atoms with Crippen LogP contribution in [0.3, 0.4) is 0 Å². The Bertz CT molecular complexity index is 872. The minimum Gasteiger partial charge on any atom is -0.356 e. The van der Waals surface area contributed by atoms with Crippen molar-refractivity contribution < 1.29 is 9.59 Å². The molecule has 1 aromatic heterocycles. The highest BCUT2D eigenvalue weighted by atomic mass is 16.2. The maximum absolute atomic E-state index is 13.4. The number of benzene rings is 1. The van der Waals surface area contributed by atoms with Crippen molar-refractivity contribution >= 4 is 22.7 Å². The van der Waals surface area contributed by atoms with Gasteiger partial charge in [-0.2, -0.15) is 0 Å². The predicted octanol–water partition coefficient (Wildman–Crippen LogP) is 1.56. The van der Waals surface area contributed by atoms with E-state index >= 15 is 0 Å². The molecular formula is C20H26N4O2. The summed E-state index contributed by atoms with van der Waals surface area (Å²) in [7, 11) is 4.04. The Morgan fingerprint density at radius 3 is 2.77 bits per heavy atom. The summed E-state index contributed by atoms with van der Waals surface area (Å²) in [6.07, 6.45) is 1.65. The topological polar surface area (TPSA) is 59.6 Å². The van der Waals surface area contributed by atoms with Gasteiger partial charge in [0, 0.05) is 24.0 Å². The standard InChI is InChI=1S/C20H26N4O2/c1-20-18-15(14-7-4-5-8-16(14)21-18)9-12-24(20)17(25)13-23(19(20)26)11-6-10-22(2)3/h4-5,7-8,21H,6,9-13H2,1-3H3. The minimum absolute atomic E-state index is 0.0309. The van der Waals surface area contributed by atoms with Crippen LogP contribution in [-0.4, -0.2) is 71.8 Å². The Balaban J connectivity index is 1.73. The number of aromatic nitrogens is 1. The van der Waals surface area contributed by atoms with Crippen molar-refractivity contribution in [2.24, 2.45) is 0 Å². The first-order valence-corrected chi connectivity index (χ1v) is 9.27. The number of rotatable bonds is 4. The van der Waals surface area contributed by atoms with Gasteiger partial charge in [-0.3, -0.25) is 9.59 Å². The summed E-state index contributed by atoms with van der Waals surface area (Å²) in [5, 5.41) is 1.16. The lowest BCUT2D eigenvalue weighted by Gasteiger charge is -2.49. The van der Waals surface area contributed by atoms with Gasteiger partial charge in [0.25, 0.3) is 5.91 Å². The monoisotopic (exact) mass is 354 g/mol. The molecule has 138 valence electrons. The second-order valence-corrected chi connectivity index (χ2v) is 7.78. The first-order valence-electron chi connectivity index (χ1n) is 9.27. The third-order valence-corrected chi connectivity index (χ3v) is 5.79. The van der Waals surface area contributed by atoms with Crippen molar-refractivity contribution in [3.8, 4) is 0 Å². The van der Waals surface area contributed by atoms with Gasteiger partial charge < -0.3 is 19.7 Å². The highest BCUT2D eigenvalue weighted by molar-refractivity contribution is 6.00. The minimum atomic E-state index is -0.931. The zero-order chi connectivity index (χ0) is 18.5. The third kappa shape index (κ3) is 2.43. The highest BCUT2D eigenvalue weighted by Gasteiger charge is 2.53. The van der Waals surface area contributed by atoms with Crippen LogP contribution in [0.4, 0.5) is 0 Å². The Kier molecular flexibility index (Phi) is 4.03. The van der Waals surface area contributed by atoms with Gasteiger partial charge in [-0.15, -0.1) is 0 Å². The summed E-state index contributed by atoms with van der Waals surface area (Å²) < 4.78 is 0. The molecule has 2 aliphatic heterocycles. The molecule has 1 aromatic carbocycles. The number of amides is 2. The third-order valence-electron chi connectivity index (χ3n) is 5.79. The molecule has 0 spiro atoms. The quantitative estimate of drug-likeness (QED) is 0.907. The zero-order valence-corrected chi connectivity index (χ0v) is 15.7. The lowest BCUT2D eigenvalue weighted by atomic mass is 9.83. The Labute approximate surface area is 153 Å². The van der Waals surface area contributed by atoms with E-state index in [4.69, 9.17) is 0 Å². The number of aromatic amines is 1. The molecule has 26 heavy (non-hydrogen) atoms. The highest BCUT2D eigenvalue weighted by Crippen LogP contribution is 2.41. The van der Waals surface area contributed by atoms with E-state index in [-0.39, 0.29) is 18.4 Å². The Hall–Kier alpha value is -2.34. The average Bonchev–Trinajstić information content (AvgIpc) is 2.99. The molecule has 1 N–H and O–H groups in total. The molecule has 1 fully saturated rings. The number of hydrogen-bond acceptors (Lipinski definition) is 3. The van der Waals surface area contributed by atoms with Crippen LogP contribution in [-0.2, 0) is 21.5 Å². The lowest BCUT2D eigenvalue weighted by Crippen LogP contribution is -2.67. The van der Waals surface area contributed by atoms with Crippen LogP contribution in [0.5, 0.6) is 0 Å². The maximum Gasteiger partial charge on any atom is 0.254 e. The van der Waals surface area contributed by atoms with Gasteiger partial charge in [0.1, 0.15) is 0 Å². The molecule has 1 atom stereocenters. The van der Waals surface area contributed by atoms with E-state index in [1.807, 2.05) is 39.2 Å². The molecule has 3 heterocycles. The zero-order valence-electron chi connectivity index (χ0n) is 15.7. The molecule has 1 saturated heterocycles. The van der Waals surface area contributed by atoms with Crippen LogP contribution in [0.15, 0.2) is 24.3 Å². The fourth-order valence-corrected chi connectivity index (χ4v) is 4.44. The summed E-state index contributed by atoms with van der Waals surface area (Å²) in [6.45, 7) is 4.20. The number of piperazine rings is 1. The normalized spacial score (nSPS) is 22.9. The van der Waals surface area contributed by atoms with Crippen LogP contribution >= 0.6 is 0 Å². The van der Waals surface area contributed by atoms with Crippen molar-refractivity contribution in [2.45, 2.75) is 25.3 Å². The SMILES string of the molecule is CN(C)CCCN1CC(=O)N2CCc3c([nH]c4ccccc34)C2(C)C1=O. The van der Waals surface area contributed by atoms with Crippen LogP contribution in [0, 0.1) is 0 Å². The van der Waals surface area contributed by atoms with Crippen molar-refractivity contribution in [3.63, 3.8) is 0 Å². The number of H-pyrrole nitrogens is 1. The number of para-hydroxylation sites is 1. The van der Waals surface area contributed by atoms with Gasteiger partial charge in [-0.1, -0.05) is 18.2 Å². The van der Waals surface area contributed by atoms with Gasteiger partial charge in [0.15, 0.2) is 5.54 Å². The van der Waals surface area contributed by atoms with Gasteiger partial charge in [-0.25, -0.2) is 0 Å². The van der Waals surface area contributed by atoms with Crippen LogP contribution in [0.2, 0.25) is 0 Å². The van der Waals surface area contributed by atoms with Crippen molar-refractivity contribution in [1.82, 2.24) is 19.7 Å². The largest absolute Gasteiger partial charge is 0.356 e. The van der Waals surface area contributed by atoms with E-state index in [1.165, 1.54) is 5.56 Å². The molecule has 4 rings (SSSR count). The number of nitrogens with zero attached hydrogens (tertiary/aromatic N) is 3. The van der Waals surface area contributed by atoms with Crippen molar-refractivity contribution in [2.75, 3.05) is 40.3 Å². The van der Waals surface area contributed by atoms with Gasteiger partial charge in [-0.05, 0) is 52.0 Å². The fourth-order valence-electron chi connectivity index (χ4n) is 4.44. The van der Waals surface area contributed by atoms with E-state index in [0.29, 0.717) is 13.1 Å². The summed E-state index contributed by atoms with van der Waals surface area (Å²) in [6, 6.07) is 8.14. The Morgan fingerprint density at radius 1 is 1.23 bits per heavy atom. The van der Waals surface area contributed by atoms with E-state index < -0.39 is 5.54 Å². The maximum atomic E-state index is 13.4. The molecule has 0 saturated carbocycles. The average molecular weight is 354 g/mol. The van der Waals surface area contributed by atoms with Crippen molar-refractivity contribution in [1.29, 1.82) is 0 Å². The molecular weight excluding hydrogens is 328 g/mol. The summed E-state index contributed by atoms with van der Waals surface area (Å²) >= 11 is 0. The molecule has 1 unspecified atom stereocenters. The fraction of sp³-hybridized carbons (Fsp3) is 0.500. The van der Waals surface area contributed by atoms with E-state index in [0.717, 1.165) is 36.0 Å². The summed E-state index contributed by atoms with van der Waals surface area (Å²) in [5.41, 5.74) is 2.17. The number of hydrogen-bond donors (Lipinski definition) is 1. The summed E-state index contributed by atoms with van der Waals surface area (Å²) in [4.78, 5) is 35.3. The molecule has 2 aliphatic rings.